The van der Waals surface area contributed by atoms with Gasteiger partial charge in [0, 0.05) is 19.1 Å². The van der Waals surface area contributed by atoms with Gasteiger partial charge in [-0.2, -0.15) is 0 Å². The van der Waals surface area contributed by atoms with Crippen LogP contribution in [0.3, 0.4) is 0 Å². The summed E-state index contributed by atoms with van der Waals surface area (Å²) in [5.41, 5.74) is 2.09. The van der Waals surface area contributed by atoms with Crippen LogP contribution in [0.5, 0.6) is 0 Å². The lowest BCUT2D eigenvalue weighted by molar-refractivity contribution is -0.132. The van der Waals surface area contributed by atoms with Gasteiger partial charge >= 0.3 is 0 Å². The number of rotatable bonds is 3. The smallest absolute Gasteiger partial charge is 0.263 e. The van der Waals surface area contributed by atoms with Crippen LogP contribution in [-0.2, 0) is 19.4 Å². The zero-order valence-corrected chi connectivity index (χ0v) is 11.9. The molecule has 3 unspecified atom stereocenters. The van der Waals surface area contributed by atoms with Crippen molar-refractivity contribution in [3.05, 3.63) is 0 Å². The second kappa shape index (κ2) is 5.74. The average Bonchev–Trinajstić information content (AvgIpc) is 2.80. The number of nitrogens with one attached hydrogen (secondary N) is 1. The van der Waals surface area contributed by atoms with E-state index in [1.807, 2.05) is 6.92 Å². The van der Waals surface area contributed by atoms with Gasteiger partial charge in [0.15, 0.2) is 9.84 Å². The molecule has 8 heteroatoms. The molecule has 2 saturated heterocycles. The van der Waals surface area contributed by atoms with Crippen LogP contribution >= 0.6 is 0 Å². The second-order valence-electron chi connectivity index (χ2n) is 5.29. The van der Waals surface area contributed by atoms with E-state index in [1.54, 1.807) is 0 Å². The van der Waals surface area contributed by atoms with Crippen molar-refractivity contribution in [2.24, 2.45) is 5.84 Å². The molecule has 0 aromatic heterocycles. The van der Waals surface area contributed by atoms with Crippen molar-refractivity contribution in [3.8, 4) is 0 Å². The summed E-state index contributed by atoms with van der Waals surface area (Å²) in [6.07, 6.45) is 0.965. The number of hydrogen-bond acceptors (Lipinski definition) is 6. The van der Waals surface area contributed by atoms with Crippen molar-refractivity contribution in [1.82, 2.24) is 10.3 Å². The van der Waals surface area contributed by atoms with Crippen molar-refractivity contribution in [1.29, 1.82) is 0 Å². The number of sulfone groups is 1. The number of carbonyl (C=O) groups is 1. The number of hydrazine groups is 1. The van der Waals surface area contributed by atoms with E-state index >= 15 is 0 Å². The van der Waals surface area contributed by atoms with Crippen molar-refractivity contribution < 1.29 is 17.9 Å². The van der Waals surface area contributed by atoms with E-state index in [9.17, 15) is 13.2 Å². The van der Waals surface area contributed by atoms with Crippen LogP contribution in [0.4, 0.5) is 0 Å². The van der Waals surface area contributed by atoms with Gasteiger partial charge < -0.3 is 4.74 Å². The monoisotopic (exact) mass is 291 g/mol. The molecule has 0 saturated carbocycles. The zero-order valence-electron chi connectivity index (χ0n) is 11.0. The summed E-state index contributed by atoms with van der Waals surface area (Å²) in [6.45, 7) is 3.12. The van der Waals surface area contributed by atoms with Gasteiger partial charge in [0.1, 0.15) is 6.10 Å². The first-order chi connectivity index (χ1) is 8.91. The highest BCUT2D eigenvalue weighted by Crippen LogP contribution is 2.22. The molecule has 2 heterocycles. The Morgan fingerprint density at radius 1 is 1.47 bits per heavy atom. The van der Waals surface area contributed by atoms with E-state index in [-0.39, 0.29) is 29.6 Å². The van der Waals surface area contributed by atoms with Gasteiger partial charge in [-0.1, -0.05) is 0 Å². The SMILES string of the molecule is CC1CS(=O)(=O)CCN1CC1CCC(C(=O)NN)O1. The summed E-state index contributed by atoms with van der Waals surface area (Å²) in [5.74, 6) is 5.19. The van der Waals surface area contributed by atoms with Crippen LogP contribution in [0, 0.1) is 0 Å². The number of nitrogens with zero attached hydrogens (tertiary/aromatic N) is 1. The lowest BCUT2D eigenvalue weighted by atomic mass is 10.1. The van der Waals surface area contributed by atoms with Crippen LogP contribution in [0.2, 0.25) is 0 Å². The van der Waals surface area contributed by atoms with E-state index in [2.05, 4.69) is 10.3 Å². The van der Waals surface area contributed by atoms with Gasteiger partial charge in [0.25, 0.3) is 5.91 Å². The minimum absolute atomic E-state index is 0.00438. The van der Waals surface area contributed by atoms with Crippen LogP contribution in [0.15, 0.2) is 0 Å². The summed E-state index contributed by atoms with van der Waals surface area (Å²) < 4.78 is 28.6. The Hall–Kier alpha value is -0.700. The van der Waals surface area contributed by atoms with Crippen molar-refractivity contribution >= 4 is 15.7 Å². The molecule has 0 aromatic rings. The van der Waals surface area contributed by atoms with E-state index < -0.39 is 15.9 Å². The van der Waals surface area contributed by atoms with Crippen molar-refractivity contribution in [2.75, 3.05) is 24.6 Å². The minimum Gasteiger partial charge on any atom is -0.364 e. The fourth-order valence-electron chi connectivity index (χ4n) is 2.69. The Bertz CT molecular complexity index is 439. The number of ether oxygens (including phenoxy) is 1. The van der Waals surface area contributed by atoms with E-state index in [0.29, 0.717) is 19.5 Å². The van der Waals surface area contributed by atoms with Crippen LogP contribution in [0.25, 0.3) is 0 Å². The maximum absolute atomic E-state index is 11.5. The molecule has 1 amide bonds. The van der Waals surface area contributed by atoms with Crippen LogP contribution in [0.1, 0.15) is 19.8 Å². The van der Waals surface area contributed by atoms with Gasteiger partial charge in [-0.15, -0.1) is 0 Å². The molecule has 2 aliphatic rings. The first-order valence-corrected chi connectivity index (χ1v) is 8.34. The number of hydrogen-bond donors (Lipinski definition) is 2. The van der Waals surface area contributed by atoms with Gasteiger partial charge in [0.05, 0.1) is 17.6 Å². The molecular weight excluding hydrogens is 270 g/mol. The van der Waals surface area contributed by atoms with Gasteiger partial charge in [-0.25, -0.2) is 14.3 Å². The summed E-state index contributed by atoms with van der Waals surface area (Å²) in [6, 6.07) is 0.00438. The van der Waals surface area contributed by atoms with Crippen molar-refractivity contribution in [3.63, 3.8) is 0 Å². The Kier molecular flexibility index (Phi) is 4.44. The highest BCUT2D eigenvalue weighted by Gasteiger charge is 2.34. The molecule has 2 fully saturated rings. The predicted octanol–water partition coefficient (Wildman–Crippen LogP) is -1.36. The molecule has 3 atom stereocenters. The lowest BCUT2D eigenvalue weighted by Gasteiger charge is -2.34. The topological polar surface area (TPSA) is 102 Å². The Balaban J connectivity index is 1.85. The Morgan fingerprint density at radius 2 is 2.21 bits per heavy atom. The lowest BCUT2D eigenvalue weighted by Crippen LogP contribution is -2.49. The fourth-order valence-corrected chi connectivity index (χ4v) is 4.32. The molecule has 0 spiro atoms. The third-order valence-corrected chi connectivity index (χ3v) is 5.58. The number of carbonyl (C=O) groups excluding carboxylic acids is 1. The standard InChI is InChI=1S/C11H21N3O4S/c1-8-7-19(16,17)5-4-14(8)6-9-2-3-10(18-9)11(15)13-12/h8-10H,2-7,12H2,1H3,(H,13,15). The summed E-state index contributed by atoms with van der Waals surface area (Å²) >= 11 is 0. The quantitative estimate of drug-likeness (QED) is 0.378. The van der Waals surface area contributed by atoms with Gasteiger partial charge in [0.2, 0.25) is 0 Å². The second-order valence-corrected chi connectivity index (χ2v) is 7.52. The largest absolute Gasteiger partial charge is 0.364 e. The highest BCUT2D eigenvalue weighted by molar-refractivity contribution is 7.91. The number of nitrogens with two attached hydrogens (primary N) is 1. The Labute approximate surface area is 113 Å². The average molecular weight is 291 g/mol. The molecule has 2 aliphatic heterocycles. The molecule has 3 N–H and O–H groups in total. The first-order valence-electron chi connectivity index (χ1n) is 6.51. The van der Waals surface area contributed by atoms with E-state index in [0.717, 1.165) is 6.42 Å². The molecule has 7 nitrogen and oxygen atoms in total. The maximum Gasteiger partial charge on any atom is 0.263 e. The predicted molar refractivity (Wildman–Crippen MR) is 69.9 cm³/mol. The molecule has 0 bridgehead atoms. The summed E-state index contributed by atoms with van der Waals surface area (Å²) in [5, 5.41) is 0. The zero-order chi connectivity index (χ0) is 14.0. The molecule has 110 valence electrons. The third-order valence-electron chi connectivity index (χ3n) is 3.79. The first kappa shape index (κ1) is 14.7. The fraction of sp³-hybridized carbons (Fsp3) is 0.909. The summed E-state index contributed by atoms with van der Waals surface area (Å²) in [7, 11) is -2.89. The molecule has 0 aromatic carbocycles. The normalized spacial score (nSPS) is 35.2. The van der Waals surface area contributed by atoms with Gasteiger partial charge in [-0.05, 0) is 19.8 Å². The number of amides is 1. The molecule has 19 heavy (non-hydrogen) atoms. The third kappa shape index (κ3) is 3.65. The van der Waals surface area contributed by atoms with Crippen LogP contribution in [-0.4, -0.2) is 62.1 Å². The van der Waals surface area contributed by atoms with E-state index in [1.165, 1.54) is 0 Å². The highest BCUT2D eigenvalue weighted by atomic mass is 32.2. The molecule has 0 radical (unpaired) electrons. The van der Waals surface area contributed by atoms with Crippen molar-refractivity contribution in [2.45, 2.75) is 38.0 Å². The van der Waals surface area contributed by atoms with E-state index in [4.69, 9.17) is 10.6 Å². The van der Waals surface area contributed by atoms with Crippen LogP contribution < -0.4 is 11.3 Å². The molecule has 0 aliphatic carbocycles. The molecule has 2 rings (SSSR count). The summed E-state index contributed by atoms with van der Waals surface area (Å²) in [4.78, 5) is 13.5. The Morgan fingerprint density at radius 3 is 2.84 bits per heavy atom. The maximum atomic E-state index is 11.5. The minimum atomic E-state index is -2.89. The molecular formula is C11H21N3O4S. The van der Waals surface area contributed by atoms with Gasteiger partial charge in [-0.3, -0.25) is 15.1 Å².